The van der Waals surface area contributed by atoms with E-state index in [9.17, 15) is 0 Å². The van der Waals surface area contributed by atoms with Crippen molar-refractivity contribution in [3.63, 3.8) is 0 Å². The topological polar surface area (TPSA) is 12.0 Å². The predicted octanol–water partition coefficient (Wildman–Crippen LogP) is 0.250. The Balaban J connectivity index is -0.0000000600. The fraction of sp³-hybridized carbons (Fsp3) is 1.00. The summed E-state index contributed by atoms with van der Waals surface area (Å²) < 4.78 is 0. The normalized spacial score (nSPS) is 7.80. The molecule has 0 aliphatic rings. The van der Waals surface area contributed by atoms with Crippen LogP contribution in [0.1, 0.15) is 27.7 Å². The molecule has 0 heterocycles. The van der Waals surface area contributed by atoms with Gasteiger partial charge in [0.25, 0.3) is 0 Å². The standard InChI is InChI=1S/C6H15N.ClH.Li.Mg.3H/c1-5(2)7-6(3)4;;;;;;/h5-7H,1-4H3;1H;;;;;. The molecule has 0 spiro atoms. The van der Waals surface area contributed by atoms with Crippen LogP contribution < -0.4 is 5.32 Å². The van der Waals surface area contributed by atoms with Gasteiger partial charge in [-0.2, -0.15) is 0 Å². The Bertz CT molecular complexity index is 47.0. The molecule has 0 aromatic heterocycles. The summed E-state index contributed by atoms with van der Waals surface area (Å²) in [5.74, 6) is 0. The maximum Gasteiger partial charge on any atom is 0.316 e. The van der Waals surface area contributed by atoms with Crippen molar-refractivity contribution < 1.29 is 0 Å². The van der Waals surface area contributed by atoms with E-state index >= 15 is 0 Å². The summed E-state index contributed by atoms with van der Waals surface area (Å²) in [6, 6.07) is 1.25. The fourth-order valence-corrected chi connectivity index (χ4v) is 0.667. The van der Waals surface area contributed by atoms with Gasteiger partial charge in [-0.1, -0.05) is 27.7 Å². The first-order chi connectivity index (χ1) is 3.13. The Hall–Kier alpha value is 1.61. The molecule has 0 bridgehead atoms. The Labute approximate surface area is 98.8 Å². The smallest absolute Gasteiger partial charge is 0.316 e. The van der Waals surface area contributed by atoms with Crippen molar-refractivity contribution in [2.24, 2.45) is 0 Å². The minimum atomic E-state index is 0. The van der Waals surface area contributed by atoms with Crippen molar-refractivity contribution in [3.8, 4) is 0 Å². The molecule has 58 valence electrons. The number of halogens is 1. The van der Waals surface area contributed by atoms with Crippen LogP contribution in [-0.4, -0.2) is 54.0 Å². The zero-order chi connectivity index (χ0) is 5.86. The first-order valence-electron chi connectivity index (χ1n) is 2.89. The second kappa shape index (κ2) is 13.2. The van der Waals surface area contributed by atoms with E-state index in [2.05, 4.69) is 33.0 Å². The Morgan fingerprint density at radius 3 is 1.10 bits per heavy atom. The van der Waals surface area contributed by atoms with Gasteiger partial charge in [0.2, 0.25) is 0 Å². The van der Waals surface area contributed by atoms with Crippen LogP contribution >= 0.6 is 12.4 Å². The maximum atomic E-state index is 3.31. The zero-order valence-electron chi connectivity index (χ0n) is 6.06. The van der Waals surface area contributed by atoms with E-state index < -0.39 is 0 Å². The molecule has 0 atom stereocenters. The van der Waals surface area contributed by atoms with Gasteiger partial charge < -0.3 is 5.32 Å². The van der Waals surface area contributed by atoms with Gasteiger partial charge in [0, 0.05) is 12.1 Å². The molecule has 0 aromatic rings. The molecule has 10 heavy (non-hydrogen) atoms. The minimum Gasteiger partial charge on any atom is 0.316 e. The van der Waals surface area contributed by atoms with Crippen LogP contribution in [0.15, 0.2) is 0 Å². The Morgan fingerprint density at radius 2 is 1.10 bits per heavy atom. The molecule has 4 heteroatoms. The molecule has 0 rings (SSSR count). The van der Waals surface area contributed by atoms with Gasteiger partial charge in [-0.05, 0) is 0 Å². The quantitative estimate of drug-likeness (QED) is 0.588. The summed E-state index contributed by atoms with van der Waals surface area (Å²) in [6.45, 7) is 8.61. The first kappa shape index (κ1) is 22.6. The number of hydrogen-bond donors (Lipinski definition) is 1. The van der Waals surface area contributed by atoms with Gasteiger partial charge in [0.05, 0.1) is 0 Å². The molecule has 0 aliphatic carbocycles. The van der Waals surface area contributed by atoms with Crippen LogP contribution in [0.2, 0.25) is 0 Å². The average molecular weight is 172 g/mol. The summed E-state index contributed by atoms with van der Waals surface area (Å²) in [7, 11) is 0. The minimum absolute atomic E-state index is 0. The van der Waals surface area contributed by atoms with Gasteiger partial charge in [0.1, 0.15) is 0 Å². The maximum absolute atomic E-state index is 3.31. The van der Waals surface area contributed by atoms with Crippen molar-refractivity contribution in [1.29, 1.82) is 0 Å². The zero-order valence-corrected chi connectivity index (χ0v) is 6.88. The third kappa shape index (κ3) is 22.6. The SMILES string of the molecule is CC(C)NC(C)C.Cl.[LiH].[MgH2]. The second-order valence-corrected chi connectivity index (χ2v) is 2.48. The number of hydrogen-bond acceptors (Lipinski definition) is 1. The summed E-state index contributed by atoms with van der Waals surface area (Å²) in [4.78, 5) is 0. The molecule has 0 amide bonds. The number of nitrogens with one attached hydrogen (secondary N) is 1. The van der Waals surface area contributed by atoms with E-state index in [4.69, 9.17) is 0 Å². The predicted molar refractivity (Wildman–Crippen MR) is 56.3 cm³/mol. The largest absolute Gasteiger partial charge is 0.316 e. The van der Waals surface area contributed by atoms with Gasteiger partial charge in [-0.3, -0.25) is 0 Å². The molecule has 0 radical (unpaired) electrons. The molecule has 1 nitrogen and oxygen atoms in total. The molecule has 0 aliphatic heterocycles. The molecule has 0 aromatic carbocycles. The Morgan fingerprint density at radius 1 is 0.900 bits per heavy atom. The summed E-state index contributed by atoms with van der Waals surface area (Å²) in [5, 5.41) is 3.31. The van der Waals surface area contributed by atoms with Crippen LogP contribution in [-0.2, 0) is 0 Å². The third-order valence-electron chi connectivity index (χ3n) is 0.667. The summed E-state index contributed by atoms with van der Waals surface area (Å²) in [6.07, 6.45) is 0. The molecule has 0 saturated heterocycles. The van der Waals surface area contributed by atoms with E-state index in [0.29, 0.717) is 12.1 Å². The third-order valence-corrected chi connectivity index (χ3v) is 0.667. The summed E-state index contributed by atoms with van der Waals surface area (Å²) >= 11 is 0. The number of rotatable bonds is 2. The van der Waals surface area contributed by atoms with E-state index in [1.165, 1.54) is 0 Å². The van der Waals surface area contributed by atoms with E-state index in [-0.39, 0.29) is 54.3 Å². The van der Waals surface area contributed by atoms with E-state index in [1.807, 2.05) is 0 Å². The van der Waals surface area contributed by atoms with Gasteiger partial charge in [-0.15, -0.1) is 12.4 Å². The van der Waals surface area contributed by atoms with Crippen LogP contribution in [0.4, 0.5) is 0 Å². The van der Waals surface area contributed by atoms with Crippen LogP contribution in [0, 0.1) is 0 Å². The molecular weight excluding hydrogens is 153 g/mol. The average Bonchev–Trinajstić information content (AvgIpc) is 1.27. The van der Waals surface area contributed by atoms with E-state index in [1.54, 1.807) is 0 Å². The molecule has 0 unspecified atom stereocenters. The van der Waals surface area contributed by atoms with Crippen LogP contribution in [0.5, 0.6) is 0 Å². The Kier molecular flexibility index (Phi) is 29.8. The van der Waals surface area contributed by atoms with Crippen molar-refractivity contribution in [1.82, 2.24) is 5.32 Å². The second-order valence-electron chi connectivity index (χ2n) is 2.48. The van der Waals surface area contributed by atoms with Gasteiger partial charge in [0.15, 0.2) is 0 Å². The van der Waals surface area contributed by atoms with Crippen molar-refractivity contribution in [2.75, 3.05) is 0 Å². The summed E-state index contributed by atoms with van der Waals surface area (Å²) in [5.41, 5.74) is 0. The molecular formula is C6H19ClLiMgN. The van der Waals surface area contributed by atoms with Crippen molar-refractivity contribution in [3.05, 3.63) is 0 Å². The van der Waals surface area contributed by atoms with Crippen molar-refractivity contribution in [2.45, 2.75) is 39.8 Å². The molecule has 1 N–H and O–H groups in total. The van der Waals surface area contributed by atoms with E-state index in [0.717, 1.165) is 0 Å². The fourth-order valence-electron chi connectivity index (χ4n) is 0.667. The van der Waals surface area contributed by atoms with Gasteiger partial charge >= 0.3 is 41.9 Å². The van der Waals surface area contributed by atoms with Crippen LogP contribution in [0.25, 0.3) is 0 Å². The molecule has 0 saturated carbocycles. The monoisotopic (exact) mass is 171 g/mol. The molecule has 0 fully saturated rings. The first-order valence-corrected chi connectivity index (χ1v) is 2.89. The van der Waals surface area contributed by atoms with Gasteiger partial charge in [-0.25, -0.2) is 0 Å². The van der Waals surface area contributed by atoms with Crippen LogP contribution in [0.3, 0.4) is 0 Å². The van der Waals surface area contributed by atoms with Crippen molar-refractivity contribution >= 4 is 54.3 Å².